The van der Waals surface area contributed by atoms with E-state index in [-0.39, 0.29) is 0 Å². The van der Waals surface area contributed by atoms with E-state index in [0.717, 1.165) is 30.2 Å². The van der Waals surface area contributed by atoms with Crippen LogP contribution in [-0.2, 0) is 0 Å². The van der Waals surface area contributed by atoms with Crippen molar-refractivity contribution in [2.75, 3.05) is 13.6 Å². The lowest BCUT2D eigenvalue weighted by molar-refractivity contribution is 0.205. The van der Waals surface area contributed by atoms with Crippen LogP contribution in [0.3, 0.4) is 0 Å². The van der Waals surface area contributed by atoms with Crippen molar-refractivity contribution >= 4 is 0 Å². The number of hydrogen-bond acceptors (Lipinski definition) is 1. The monoisotopic (exact) mass is 289 g/mol. The third-order valence-electron chi connectivity index (χ3n) is 6.06. The average molecular weight is 290 g/mol. The van der Waals surface area contributed by atoms with E-state index in [9.17, 15) is 0 Å². The van der Waals surface area contributed by atoms with Crippen molar-refractivity contribution in [3.63, 3.8) is 0 Å². The summed E-state index contributed by atoms with van der Waals surface area (Å²) in [5.74, 6) is 3.96. The van der Waals surface area contributed by atoms with E-state index < -0.39 is 0 Å². The zero-order valence-corrected chi connectivity index (χ0v) is 14.6. The van der Waals surface area contributed by atoms with Gasteiger partial charge in [0.05, 0.1) is 0 Å². The molecular weight excluding hydrogens is 254 g/mol. The molecule has 21 heavy (non-hydrogen) atoms. The molecule has 1 heteroatoms. The molecule has 2 aliphatic rings. The first-order valence-electron chi connectivity index (χ1n) is 9.01. The van der Waals surface area contributed by atoms with Gasteiger partial charge in [0.15, 0.2) is 0 Å². The lowest BCUT2D eigenvalue weighted by atomic mass is 9.66. The summed E-state index contributed by atoms with van der Waals surface area (Å²) in [6.45, 7) is 12.9. The molecular formula is C20H35N. The van der Waals surface area contributed by atoms with Crippen LogP contribution in [0.15, 0.2) is 23.8 Å². The maximum Gasteiger partial charge on any atom is 0.00166 e. The lowest BCUT2D eigenvalue weighted by Gasteiger charge is -2.40. The first-order chi connectivity index (χ1) is 10.0. The molecule has 0 spiro atoms. The van der Waals surface area contributed by atoms with Crippen molar-refractivity contribution in [3.05, 3.63) is 23.8 Å². The second-order valence-corrected chi connectivity index (χ2v) is 7.83. The minimum atomic E-state index is 0.667. The van der Waals surface area contributed by atoms with E-state index in [2.05, 4.69) is 45.8 Å². The Morgan fingerprint density at radius 3 is 2.67 bits per heavy atom. The highest BCUT2D eigenvalue weighted by atomic mass is 14.8. The highest BCUT2D eigenvalue weighted by Crippen LogP contribution is 2.43. The Kier molecular flexibility index (Phi) is 6.10. The van der Waals surface area contributed by atoms with Crippen molar-refractivity contribution in [1.82, 2.24) is 5.32 Å². The fourth-order valence-electron chi connectivity index (χ4n) is 4.66. The second-order valence-electron chi connectivity index (χ2n) is 7.83. The summed E-state index contributed by atoms with van der Waals surface area (Å²) < 4.78 is 0. The molecule has 0 aromatic carbocycles. The predicted octanol–water partition coefficient (Wildman–Crippen LogP) is 5.20. The summed E-state index contributed by atoms with van der Waals surface area (Å²) in [6, 6.07) is 0. The third-order valence-corrected chi connectivity index (χ3v) is 6.06. The first-order valence-corrected chi connectivity index (χ1v) is 9.01. The number of allylic oxidation sites excluding steroid dienone is 2. The first kappa shape index (κ1) is 16.8. The Balaban J connectivity index is 2.05. The van der Waals surface area contributed by atoms with Crippen LogP contribution in [0.25, 0.3) is 0 Å². The minimum absolute atomic E-state index is 0.667. The molecule has 0 bridgehead atoms. The van der Waals surface area contributed by atoms with Crippen LogP contribution < -0.4 is 5.32 Å². The predicted molar refractivity (Wildman–Crippen MR) is 93.3 cm³/mol. The van der Waals surface area contributed by atoms with Gasteiger partial charge in [-0.25, -0.2) is 0 Å². The summed E-state index contributed by atoms with van der Waals surface area (Å²) in [5, 5.41) is 3.44. The molecule has 2 rings (SSSR count). The lowest BCUT2D eigenvalue weighted by Crippen LogP contribution is -2.34. The van der Waals surface area contributed by atoms with Gasteiger partial charge >= 0.3 is 0 Å². The molecule has 0 amide bonds. The third kappa shape index (κ3) is 4.22. The summed E-state index contributed by atoms with van der Waals surface area (Å²) in [7, 11) is 2.09. The van der Waals surface area contributed by atoms with Gasteiger partial charge < -0.3 is 5.32 Å². The van der Waals surface area contributed by atoms with Crippen molar-refractivity contribution in [2.45, 2.75) is 59.3 Å². The van der Waals surface area contributed by atoms with E-state index >= 15 is 0 Å². The number of rotatable bonds is 5. The number of nitrogens with one attached hydrogen (secondary N) is 1. The Hall–Kier alpha value is -0.560. The molecule has 120 valence electrons. The van der Waals surface area contributed by atoms with E-state index in [1.54, 1.807) is 11.1 Å². The Bertz CT molecular complexity index is 381. The SMILES string of the molecule is C=C(C1CCC(C)CC1C)C(CNC)C1CC=C(C)CC1. The van der Waals surface area contributed by atoms with Crippen LogP contribution in [0.2, 0.25) is 0 Å². The standard InChI is InChI=1S/C20H35N/c1-14-6-9-18(10-7-14)20(13-21-5)17(4)19-11-8-15(2)12-16(19)3/h6,15-16,18-21H,4,7-13H2,1-3,5H3. The van der Waals surface area contributed by atoms with Crippen LogP contribution in [0.4, 0.5) is 0 Å². The molecule has 0 radical (unpaired) electrons. The van der Waals surface area contributed by atoms with Crippen LogP contribution in [0, 0.1) is 29.6 Å². The quantitative estimate of drug-likeness (QED) is 0.686. The van der Waals surface area contributed by atoms with Crippen molar-refractivity contribution in [3.8, 4) is 0 Å². The van der Waals surface area contributed by atoms with E-state index in [0.29, 0.717) is 5.92 Å². The Morgan fingerprint density at radius 1 is 1.33 bits per heavy atom. The van der Waals surface area contributed by atoms with Gasteiger partial charge in [-0.2, -0.15) is 0 Å². The molecule has 1 fully saturated rings. The normalized spacial score (nSPS) is 35.1. The van der Waals surface area contributed by atoms with E-state index in [1.165, 1.54) is 38.5 Å². The maximum absolute atomic E-state index is 4.61. The van der Waals surface area contributed by atoms with Gasteiger partial charge in [0.25, 0.3) is 0 Å². The zero-order valence-electron chi connectivity index (χ0n) is 14.6. The molecule has 5 unspecified atom stereocenters. The molecule has 1 saturated carbocycles. The van der Waals surface area contributed by atoms with Crippen molar-refractivity contribution < 1.29 is 0 Å². The largest absolute Gasteiger partial charge is 0.319 e. The van der Waals surface area contributed by atoms with E-state index in [4.69, 9.17) is 0 Å². The smallest absolute Gasteiger partial charge is 0.00166 e. The van der Waals surface area contributed by atoms with Crippen LogP contribution in [0.1, 0.15) is 59.3 Å². The topological polar surface area (TPSA) is 12.0 Å². The summed E-state index contributed by atoms with van der Waals surface area (Å²) in [5.41, 5.74) is 3.14. The molecule has 0 aromatic heterocycles. The van der Waals surface area contributed by atoms with Crippen LogP contribution in [-0.4, -0.2) is 13.6 Å². The molecule has 0 aromatic rings. The Morgan fingerprint density at radius 2 is 2.10 bits per heavy atom. The average Bonchev–Trinajstić information content (AvgIpc) is 2.45. The minimum Gasteiger partial charge on any atom is -0.319 e. The molecule has 0 heterocycles. The van der Waals surface area contributed by atoms with Crippen LogP contribution in [0.5, 0.6) is 0 Å². The van der Waals surface area contributed by atoms with Gasteiger partial charge in [0.1, 0.15) is 0 Å². The highest BCUT2D eigenvalue weighted by molar-refractivity contribution is 5.14. The van der Waals surface area contributed by atoms with Crippen LogP contribution >= 0.6 is 0 Å². The molecule has 0 aliphatic heterocycles. The molecule has 2 aliphatic carbocycles. The fraction of sp³-hybridized carbons (Fsp3) is 0.800. The van der Waals surface area contributed by atoms with Gasteiger partial charge in [-0.05, 0) is 75.7 Å². The fourth-order valence-corrected chi connectivity index (χ4v) is 4.66. The zero-order chi connectivity index (χ0) is 15.4. The van der Waals surface area contributed by atoms with Gasteiger partial charge in [-0.1, -0.05) is 44.1 Å². The summed E-state index contributed by atoms with van der Waals surface area (Å²) in [6.07, 6.45) is 10.5. The maximum atomic E-state index is 4.61. The number of hydrogen-bond donors (Lipinski definition) is 1. The Labute approximate surface area is 132 Å². The van der Waals surface area contributed by atoms with Crippen molar-refractivity contribution in [2.24, 2.45) is 29.6 Å². The van der Waals surface area contributed by atoms with Gasteiger partial charge in [0.2, 0.25) is 0 Å². The second kappa shape index (κ2) is 7.63. The molecule has 1 nitrogen and oxygen atoms in total. The van der Waals surface area contributed by atoms with Gasteiger partial charge in [0, 0.05) is 6.54 Å². The van der Waals surface area contributed by atoms with Gasteiger partial charge in [-0.3, -0.25) is 0 Å². The molecule has 0 saturated heterocycles. The van der Waals surface area contributed by atoms with Crippen molar-refractivity contribution in [1.29, 1.82) is 0 Å². The summed E-state index contributed by atoms with van der Waals surface area (Å²) >= 11 is 0. The molecule has 5 atom stereocenters. The molecule has 1 N–H and O–H groups in total. The highest BCUT2D eigenvalue weighted by Gasteiger charge is 2.33. The summed E-state index contributed by atoms with van der Waals surface area (Å²) in [4.78, 5) is 0. The van der Waals surface area contributed by atoms with Gasteiger partial charge in [-0.15, -0.1) is 0 Å². The van der Waals surface area contributed by atoms with E-state index in [1.807, 2.05) is 0 Å².